The Morgan fingerprint density at radius 1 is 1.25 bits per heavy atom. The third-order valence-electron chi connectivity index (χ3n) is 5.80. The molecule has 0 spiro atoms. The minimum absolute atomic E-state index is 0.00219. The number of pyridine rings is 1. The summed E-state index contributed by atoms with van der Waals surface area (Å²) in [5.41, 5.74) is 1.25. The Balaban J connectivity index is 1.43. The number of nitrogens with zero attached hydrogens (tertiary/aromatic N) is 3. The number of sulfone groups is 1. The maximum atomic E-state index is 12.4. The Kier molecular flexibility index (Phi) is 7.42. The Morgan fingerprint density at radius 3 is 2.71 bits per heavy atom. The highest BCUT2D eigenvalue weighted by Crippen LogP contribution is 2.24. The van der Waals surface area contributed by atoms with Gasteiger partial charge in [0.05, 0.1) is 11.7 Å². The van der Waals surface area contributed by atoms with Crippen LogP contribution in [0.5, 0.6) is 0 Å². The van der Waals surface area contributed by atoms with Crippen LogP contribution in [0, 0.1) is 5.92 Å². The number of likely N-dealkylation sites (tertiary alicyclic amines) is 2. The highest BCUT2D eigenvalue weighted by atomic mass is 32.2. The molecule has 1 aromatic rings. The minimum atomic E-state index is -3.04. The molecule has 0 aromatic carbocycles. The average Bonchev–Trinajstić information content (AvgIpc) is 2.68. The van der Waals surface area contributed by atoms with Gasteiger partial charge >= 0.3 is 0 Å². The van der Waals surface area contributed by atoms with Gasteiger partial charge in [-0.05, 0) is 56.9 Å². The van der Waals surface area contributed by atoms with Crippen LogP contribution in [0.4, 0.5) is 0 Å². The number of rotatable bonds is 7. The van der Waals surface area contributed by atoms with Crippen molar-refractivity contribution in [1.29, 1.82) is 0 Å². The second kappa shape index (κ2) is 9.80. The molecule has 2 aliphatic rings. The van der Waals surface area contributed by atoms with E-state index in [4.69, 9.17) is 0 Å². The molecule has 0 radical (unpaired) electrons. The summed E-state index contributed by atoms with van der Waals surface area (Å²) in [6.07, 6.45) is 9.11. The van der Waals surface area contributed by atoms with E-state index < -0.39 is 9.84 Å². The second-order valence-corrected chi connectivity index (χ2v) is 10.4. The first-order chi connectivity index (χ1) is 13.4. The average molecular weight is 409 g/mol. The van der Waals surface area contributed by atoms with Crippen molar-refractivity contribution in [3.63, 3.8) is 0 Å². The van der Waals surface area contributed by atoms with E-state index in [9.17, 15) is 13.2 Å². The molecule has 0 saturated carbocycles. The largest absolute Gasteiger partial charge is 0.355 e. The van der Waals surface area contributed by atoms with Crippen LogP contribution in [0.25, 0.3) is 0 Å². The lowest BCUT2D eigenvalue weighted by atomic mass is 9.93. The molecule has 1 atom stereocenters. The van der Waals surface area contributed by atoms with Crippen LogP contribution in [-0.4, -0.2) is 79.9 Å². The first-order valence-electron chi connectivity index (χ1n) is 10.2. The molecular weight excluding hydrogens is 376 g/mol. The van der Waals surface area contributed by atoms with Crippen LogP contribution < -0.4 is 5.32 Å². The number of hydrogen-bond acceptors (Lipinski definition) is 6. The first kappa shape index (κ1) is 21.2. The van der Waals surface area contributed by atoms with Gasteiger partial charge < -0.3 is 5.32 Å². The number of nitrogens with one attached hydrogen (secondary N) is 1. The van der Waals surface area contributed by atoms with Crippen molar-refractivity contribution in [3.8, 4) is 0 Å². The van der Waals surface area contributed by atoms with Gasteiger partial charge in [-0.25, -0.2) is 8.42 Å². The normalized spacial score (nSPS) is 22.8. The molecule has 2 saturated heterocycles. The fourth-order valence-electron chi connectivity index (χ4n) is 4.25. The van der Waals surface area contributed by atoms with Gasteiger partial charge in [-0.15, -0.1) is 0 Å². The van der Waals surface area contributed by atoms with Gasteiger partial charge in [0, 0.05) is 44.3 Å². The quantitative estimate of drug-likeness (QED) is 0.722. The summed E-state index contributed by atoms with van der Waals surface area (Å²) >= 11 is 0. The topological polar surface area (TPSA) is 82.6 Å². The van der Waals surface area contributed by atoms with E-state index >= 15 is 0 Å². The zero-order valence-electron chi connectivity index (χ0n) is 16.7. The summed E-state index contributed by atoms with van der Waals surface area (Å²) < 4.78 is 22.4. The number of carbonyl (C=O) groups is 1. The number of carbonyl (C=O) groups excluding carboxylic acids is 1. The molecular formula is C20H32N4O3S. The molecule has 1 aromatic heterocycles. The van der Waals surface area contributed by atoms with Gasteiger partial charge in [-0.2, -0.15) is 0 Å². The van der Waals surface area contributed by atoms with Crippen molar-refractivity contribution in [2.24, 2.45) is 5.92 Å². The van der Waals surface area contributed by atoms with Crippen LogP contribution in [0.2, 0.25) is 0 Å². The first-order valence-corrected chi connectivity index (χ1v) is 12.3. The molecule has 28 heavy (non-hydrogen) atoms. The maximum absolute atomic E-state index is 12.4. The van der Waals surface area contributed by atoms with Gasteiger partial charge in [0.1, 0.15) is 9.84 Å². The number of aromatic nitrogens is 1. The SMILES string of the molecule is CS(=O)(=O)CCNC(=O)[C@H]1CCCN(C2CCN(Cc3cccnc3)CC2)C1. The molecule has 7 nitrogen and oxygen atoms in total. The summed E-state index contributed by atoms with van der Waals surface area (Å²) in [5.74, 6) is -0.0195. The van der Waals surface area contributed by atoms with Gasteiger partial charge in [0.2, 0.25) is 5.91 Å². The molecule has 0 unspecified atom stereocenters. The van der Waals surface area contributed by atoms with Gasteiger partial charge in [0.15, 0.2) is 0 Å². The molecule has 2 aliphatic heterocycles. The summed E-state index contributed by atoms with van der Waals surface area (Å²) in [5, 5.41) is 2.81. The van der Waals surface area contributed by atoms with Crippen LogP contribution in [-0.2, 0) is 21.2 Å². The predicted octanol–water partition coefficient (Wildman–Crippen LogP) is 0.919. The van der Waals surface area contributed by atoms with Crippen molar-refractivity contribution in [3.05, 3.63) is 30.1 Å². The fourth-order valence-corrected chi connectivity index (χ4v) is 4.72. The minimum Gasteiger partial charge on any atom is -0.355 e. The van der Waals surface area contributed by atoms with Crippen molar-refractivity contribution < 1.29 is 13.2 Å². The molecule has 3 heterocycles. The maximum Gasteiger partial charge on any atom is 0.224 e. The number of hydrogen-bond donors (Lipinski definition) is 1. The monoisotopic (exact) mass is 408 g/mol. The molecule has 1 amide bonds. The van der Waals surface area contributed by atoms with Gasteiger partial charge in [-0.1, -0.05) is 6.07 Å². The lowest BCUT2D eigenvalue weighted by Gasteiger charge is -2.42. The standard InChI is InChI=1S/C20H32N4O3S/c1-28(26,27)13-9-22-20(25)18-5-3-10-24(16-18)19-6-11-23(12-7-19)15-17-4-2-8-21-14-17/h2,4,8,14,18-19H,3,5-7,9-13,15-16H2,1H3,(H,22,25)/t18-/m0/s1. The Bertz CT molecular complexity index is 733. The molecule has 2 fully saturated rings. The molecule has 1 N–H and O–H groups in total. The molecule has 3 rings (SSSR count). The Labute approximate surface area is 168 Å². The van der Waals surface area contributed by atoms with E-state index in [0.717, 1.165) is 58.4 Å². The predicted molar refractivity (Wildman–Crippen MR) is 110 cm³/mol. The summed E-state index contributed by atoms with van der Waals surface area (Å²) in [4.78, 5) is 21.6. The molecule has 8 heteroatoms. The second-order valence-electron chi connectivity index (χ2n) is 8.12. The smallest absolute Gasteiger partial charge is 0.224 e. The third kappa shape index (κ3) is 6.53. The van der Waals surface area contributed by atoms with Crippen LogP contribution in [0.3, 0.4) is 0 Å². The zero-order valence-corrected chi connectivity index (χ0v) is 17.5. The Hall–Kier alpha value is -1.51. The van der Waals surface area contributed by atoms with Gasteiger partial charge in [0.25, 0.3) is 0 Å². The summed E-state index contributed by atoms with van der Waals surface area (Å²) in [6, 6.07) is 4.64. The van der Waals surface area contributed by atoms with Crippen molar-refractivity contribution >= 4 is 15.7 Å². The highest BCUT2D eigenvalue weighted by molar-refractivity contribution is 7.90. The lowest BCUT2D eigenvalue weighted by Crippen LogP contribution is -2.50. The van der Waals surface area contributed by atoms with E-state index in [-0.39, 0.29) is 24.1 Å². The lowest BCUT2D eigenvalue weighted by molar-refractivity contribution is -0.127. The van der Waals surface area contributed by atoms with E-state index in [1.807, 2.05) is 12.3 Å². The molecule has 0 bridgehead atoms. The van der Waals surface area contributed by atoms with Crippen molar-refractivity contribution in [2.75, 3.05) is 44.7 Å². The highest BCUT2D eigenvalue weighted by Gasteiger charge is 2.31. The van der Waals surface area contributed by atoms with E-state index in [0.29, 0.717) is 6.04 Å². The summed E-state index contributed by atoms with van der Waals surface area (Å²) in [7, 11) is -3.04. The number of piperidine rings is 2. The van der Waals surface area contributed by atoms with Gasteiger partial charge in [-0.3, -0.25) is 19.6 Å². The Morgan fingerprint density at radius 2 is 2.04 bits per heavy atom. The molecule has 156 valence electrons. The number of amides is 1. The van der Waals surface area contributed by atoms with E-state index in [1.54, 1.807) is 6.20 Å². The fraction of sp³-hybridized carbons (Fsp3) is 0.700. The van der Waals surface area contributed by atoms with Crippen LogP contribution in [0.15, 0.2) is 24.5 Å². The van der Waals surface area contributed by atoms with Crippen molar-refractivity contribution in [2.45, 2.75) is 38.3 Å². The van der Waals surface area contributed by atoms with E-state index in [2.05, 4.69) is 26.2 Å². The summed E-state index contributed by atoms with van der Waals surface area (Å²) in [6.45, 7) is 5.15. The van der Waals surface area contributed by atoms with Crippen LogP contribution >= 0.6 is 0 Å². The third-order valence-corrected chi connectivity index (χ3v) is 6.74. The zero-order chi connectivity index (χ0) is 20.0. The van der Waals surface area contributed by atoms with Crippen molar-refractivity contribution in [1.82, 2.24) is 20.1 Å². The van der Waals surface area contributed by atoms with Crippen LogP contribution in [0.1, 0.15) is 31.2 Å². The van der Waals surface area contributed by atoms with E-state index in [1.165, 1.54) is 11.8 Å². The molecule has 0 aliphatic carbocycles.